The Kier molecular flexibility index (Phi) is 3.39. The zero-order chi connectivity index (χ0) is 14.8. The van der Waals surface area contributed by atoms with E-state index in [1.165, 1.54) is 0 Å². The van der Waals surface area contributed by atoms with Crippen LogP contribution in [0.1, 0.15) is 22.3 Å². The van der Waals surface area contributed by atoms with E-state index in [9.17, 15) is 9.59 Å². The van der Waals surface area contributed by atoms with Gasteiger partial charge >= 0.3 is 5.97 Å². The molecule has 0 aliphatic carbocycles. The molecule has 0 fully saturated rings. The fourth-order valence-corrected chi connectivity index (χ4v) is 2.47. The van der Waals surface area contributed by atoms with Gasteiger partial charge in [0.05, 0.1) is 18.3 Å². The monoisotopic (exact) mass is 286 g/mol. The van der Waals surface area contributed by atoms with Gasteiger partial charge in [-0.25, -0.2) is 4.79 Å². The van der Waals surface area contributed by atoms with E-state index in [0.29, 0.717) is 25.2 Å². The third-order valence-corrected chi connectivity index (χ3v) is 3.56. The van der Waals surface area contributed by atoms with Crippen LogP contribution in [0.15, 0.2) is 30.6 Å². The Labute approximate surface area is 120 Å². The zero-order valence-electron chi connectivity index (χ0n) is 11.3. The summed E-state index contributed by atoms with van der Waals surface area (Å²) >= 11 is 0. The van der Waals surface area contributed by atoms with Crippen LogP contribution in [0.4, 0.5) is 5.69 Å². The molecule has 0 saturated heterocycles. The van der Waals surface area contributed by atoms with Crippen molar-refractivity contribution in [3.8, 4) is 0 Å². The number of aromatic carboxylic acids is 1. The topological polar surface area (TPSA) is 88.3 Å². The second-order valence-corrected chi connectivity index (χ2v) is 4.86. The number of carbonyl (C=O) groups excluding carboxylic acids is 1. The highest BCUT2D eigenvalue weighted by atomic mass is 16.4. The third kappa shape index (κ3) is 2.62. The van der Waals surface area contributed by atoms with Gasteiger partial charge in [0.2, 0.25) is 5.91 Å². The van der Waals surface area contributed by atoms with Crippen molar-refractivity contribution in [3.05, 3.63) is 41.7 Å². The maximum atomic E-state index is 12.3. The lowest BCUT2D eigenvalue weighted by molar-refractivity contribution is -0.118. The molecule has 21 heavy (non-hydrogen) atoms. The van der Waals surface area contributed by atoms with E-state index in [1.54, 1.807) is 40.2 Å². The number of aromatic nitrogens is 3. The van der Waals surface area contributed by atoms with Gasteiger partial charge in [0.1, 0.15) is 0 Å². The summed E-state index contributed by atoms with van der Waals surface area (Å²) in [5, 5.41) is 16.5. The number of benzene rings is 1. The van der Waals surface area contributed by atoms with Gasteiger partial charge < -0.3 is 10.0 Å². The molecule has 7 heteroatoms. The SMILES string of the molecule is O=C(O)c1ccc2c(c1)N(C(=O)CCn1ccnn1)CC2. The summed E-state index contributed by atoms with van der Waals surface area (Å²) in [7, 11) is 0. The fraction of sp³-hybridized carbons (Fsp3) is 0.286. The Morgan fingerprint density at radius 2 is 2.19 bits per heavy atom. The van der Waals surface area contributed by atoms with Crippen LogP contribution in [0.2, 0.25) is 0 Å². The van der Waals surface area contributed by atoms with Crippen LogP contribution >= 0.6 is 0 Å². The van der Waals surface area contributed by atoms with Gasteiger partial charge in [-0.3, -0.25) is 9.48 Å². The van der Waals surface area contributed by atoms with E-state index in [4.69, 9.17) is 5.11 Å². The zero-order valence-corrected chi connectivity index (χ0v) is 11.3. The Hall–Kier alpha value is -2.70. The van der Waals surface area contributed by atoms with Crippen molar-refractivity contribution >= 4 is 17.6 Å². The number of nitrogens with zero attached hydrogens (tertiary/aromatic N) is 4. The number of fused-ring (bicyclic) bond motifs is 1. The largest absolute Gasteiger partial charge is 0.478 e. The van der Waals surface area contributed by atoms with Gasteiger partial charge in [-0.1, -0.05) is 11.3 Å². The molecule has 0 spiro atoms. The lowest BCUT2D eigenvalue weighted by Crippen LogP contribution is -2.29. The highest BCUT2D eigenvalue weighted by Gasteiger charge is 2.25. The van der Waals surface area contributed by atoms with Crippen LogP contribution in [-0.2, 0) is 17.8 Å². The molecule has 0 saturated carbocycles. The van der Waals surface area contributed by atoms with Gasteiger partial charge in [0.15, 0.2) is 0 Å². The maximum absolute atomic E-state index is 12.3. The first-order valence-electron chi connectivity index (χ1n) is 6.66. The molecule has 1 aromatic heterocycles. The number of amides is 1. The highest BCUT2D eigenvalue weighted by Crippen LogP contribution is 2.29. The molecule has 108 valence electrons. The van der Waals surface area contributed by atoms with Gasteiger partial charge in [-0.05, 0) is 24.1 Å². The molecule has 0 atom stereocenters. The highest BCUT2D eigenvalue weighted by molar-refractivity contribution is 5.97. The van der Waals surface area contributed by atoms with Crippen molar-refractivity contribution in [2.45, 2.75) is 19.4 Å². The van der Waals surface area contributed by atoms with Crippen molar-refractivity contribution < 1.29 is 14.7 Å². The van der Waals surface area contributed by atoms with Crippen molar-refractivity contribution in [2.24, 2.45) is 0 Å². The number of hydrogen-bond donors (Lipinski definition) is 1. The number of carboxylic acids is 1. The third-order valence-electron chi connectivity index (χ3n) is 3.56. The summed E-state index contributed by atoms with van der Waals surface area (Å²) in [6.45, 7) is 1.05. The summed E-state index contributed by atoms with van der Waals surface area (Å²) in [5.41, 5.74) is 1.91. The smallest absolute Gasteiger partial charge is 0.335 e. The number of aryl methyl sites for hydroxylation is 1. The number of carbonyl (C=O) groups is 2. The normalized spacial score (nSPS) is 13.2. The molecule has 1 aliphatic rings. The molecule has 0 unspecified atom stereocenters. The molecular formula is C14H14N4O3. The number of rotatable bonds is 4. The van der Waals surface area contributed by atoms with Gasteiger partial charge in [-0.15, -0.1) is 5.10 Å². The average molecular weight is 286 g/mol. The summed E-state index contributed by atoms with van der Waals surface area (Å²) in [5.74, 6) is -1.02. The number of carboxylic acid groups (broad SMARTS) is 1. The lowest BCUT2D eigenvalue weighted by Gasteiger charge is -2.17. The molecule has 2 heterocycles. The molecule has 1 aromatic carbocycles. The van der Waals surface area contributed by atoms with Crippen LogP contribution in [0.3, 0.4) is 0 Å². The lowest BCUT2D eigenvalue weighted by atomic mass is 10.1. The Morgan fingerprint density at radius 1 is 1.33 bits per heavy atom. The molecular weight excluding hydrogens is 272 g/mol. The van der Waals surface area contributed by atoms with E-state index >= 15 is 0 Å². The summed E-state index contributed by atoms with van der Waals surface area (Å²) < 4.78 is 1.60. The predicted octanol–water partition coefficient (Wildman–Crippen LogP) is 0.956. The molecule has 3 rings (SSSR count). The molecule has 0 bridgehead atoms. The standard InChI is InChI=1S/C14H14N4O3/c19-13(4-6-17-8-5-15-16-17)18-7-3-10-1-2-11(14(20)21)9-12(10)18/h1-2,5,8-9H,3-4,6-7H2,(H,20,21). The first kappa shape index (κ1) is 13.3. The number of anilines is 1. The van der Waals surface area contributed by atoms with Crippen LogP contribution in [-0.4, -0.2) is 38.5 Å². The first-order valence-corrected chi connectivity index (χ1v) is 6.66. The maximum Gasteiger partial charge on any atom is 0.335 e. The average Bonchev–Trinajstić information content (AvgIpc) is 3.13. The summed E-state index contributed by atoms with van der Waals surface area (Å²) in [6, 6.07) is 4.92. The fourth-order valence-electron chi connectivity index (χ4n) is 2.47. The van der Waals surface area contributed by atoms with Crippen LogP contribution in [0.25, 0.3) is 0 Å². The van der Waals surface area contributed by atoms with E-state index in [2.05, 4.69) is 10.3 Å². The van der Waals surface area contributed by atoms with Crippen molar-refractivity contribution in [3.63, 3.8) is 0 Å². The second-order valence-electron chi connectivity index (χ2n) is 4.86. The van der Waals surface area contributed by atoms with Crippen molar-refractivity contribution in [2.75, 3.05) is 11.4 Å². The minimum atomic E-state index is -0.986. The minimum Gasteiger partial charge on any atom is -0.478 e. The van der Waals surface area contributed by atoms with Gasteiger partial charge in [0.25, 0.3) is 0 Å². The predicted molar refractivity (Wildman–Crippen MR) is 74.1 cm³/mol. The molecule has 1 aliphatic heterocycles. The van der Waals surface area contributed by atoms with E-state index < -0.39 is 5.97 Å². The summed E-state index contributed by atoms with van der Waals surface area (Å²) in [6.07, 6.45) is 4.33. The summed E-state index contributed by atoms with van der Waals surface area (Å²) in [4.78, 5) is 25.0. The Bertz CT molecular complexity index is 682. The van der Waals surface area contributed by atoms with Gasteiger partial charge in [-0.2, -0.15) is 0 Å². The quantitative estimate of drug-likeness (QED) is 0.904. The van der Waals surface area contributed by atoms with Gasteiger partial charge in [0, 0.05) is 24.8 Å². The molecule has 1 amide bonds. The first-order chi connectivity index (χ1) is 10.1. The van der Waals surface area contributed by atoms with Crippen molar-refractivity contribution in [1.29, 1.82) is 0 Å². The second kappa shape index (κ2) is 5.35. The Balaban J connectivity index is 1.75. The molecule has 1 N–H and O–H groups in total. The minimum absolute atomic E-state index is 0.0354. The van der Waals surface area contributed by atoms with Crippen LogP contribution in [0.5, 0.6) is 0 Å². The Morgan fingerprint density at radius 3 is 2.90 bits per heavy atom. The molecule has 0 radical (unpaired) electrons. The van der Waals surface area contributed by atoms with E-state index in [-0.39, 0.29) is 11.5 Å². The van der Waals surface area contributed by atoms with E-state index in [1.807, 2.05) is 0 Å². The van der Waals surface area contributed by atoms with Crippen LogP contribution in [0, 0.1) is 0 Å². The molecule has 7 nitrogen and oxygen atoms in total. The van der Waals surface area contributed by atoms with Crippen LogP contribution < -0.4 is 4.90 Å². The molecule has 2 aromatic rings. The van der Waals surface area contributed by atoms with Crippen molar-refractivity contribution in [1.82, 2.24) is 15.0 Å². The number of hydrogen-bond acceptors (Lipinski definition) is 4. The van der Waals surface area contributed by atoms with E-state index in [0.717, 1.165) is 12.0 Å².